The molecular formula is C18H25N3O4. The lowest BCUT2D eigenvalue weighted by Crippen LogP contribution is -2.30. The van der Waals surface area contributed by atoms with E-state index in [1.807, 2.05) is 13.8 Å². The zero-order valence-corrected chi connectivity index (χ0v) is 15.2. The van der Waals surface area contributed by atoms with Crippen molar-refractivity contribution < 1.29 is 14.3 Å². The number of carbonyl (C=O) groups excluding carboxylic acids is 1. The van der Waals surface area contributed by atoms with Crippen LogP contribution in [0.1, 0.15) is 26.7 Å². The Balaban J connectivity index is 2.18. The third kappa shape index (κ3) is 4.10. The molecule has 2 rings (SSSR count). The predicted octanol–water partition coefficient (Wildman–Crippen LogP) is 2.06. The molecule has 0 aliphatic carbocycles. The van der Waals surface area contributed by atoms with Gasteiger partial charge in [0.25, 0.3) is 5.56 Å². The predicted molar refractivity (Wildman–Crippen MR) is 96.3 cm³/mol. The molecule has 0 spiro atoms. The number of carbonyl (C=O) groups is 1. The molecule has 1 heterocycles. The highest BCUT2D eigenvalue weighted by atomic mass is 16.5. The van der Waals surface area contributed by atoms with Crippen molar-refractivity contribution >= 4 is 16.8 Å². The van der Waals surface area contributed by atoms with Gasteiger partial charge in [0, 0.05) is 32.1 Å². The maximum atomic E-state index is 12.6. The van der Waals surface area contributed by atoms with Crippen LogP contribution in [0.3, 0.4) is 0 Å². The van der Waals surface area contributed by atoms with Gasteiger partial charge in [-0.1, -0.05) is 0 Å². The van der Waals surface area contributed by atoms with Crippen molar-refractivity contribution in [2.45, 2.75) is 33.2 Å². The molecule has 0 unspecified atom stereocenters. The smallest absolute Gasteiger partial charge is 0.261 e. The van der Waals surface area contributed by atoms with E-state index in [0.717, 1.165) is 0 Å². The Bertz CT molecular complexity index is 797. The molecule has 0 aliphatic rings. The summed E-state index contributed by atoms with van der Waals surface area (Å²) in [5.41, 5.74) is 0.402. The molecule has 0 bridgehead atoms. The van der Waals surface area contributed by atoms with E-state index < -0.39 is 0 Å². The Labute approximate surface area is 147 Å². The largest absolute Gasteiger partial charge is 0.493 e. The second-order valence-corrected chi connectivity index (χ2v) is 5.64. The number of aryl methyl sites for hydroxylation is 1. The summed E-state index contributed by atoms with van der Waals surface area (Å²) in [7, 11) is 3.06. The summed E-state index contributed by atoms with van der Waals surface area (Å²) in [6, 6.07) is 3.32. The molecule has 7 nitrogen and oxygen atoms in total. The number of benzene rings is 1. The number of aromatic nitrogens is 2. The molecule has 2 aromatic rings. The van der Waals surface area contributed by atoms with Crippen LogP contribution in [-0.2, 0) is 11.3 Å². The van der Waals surface area contributed by atoms with Crippen LogP contribution in [0.5, 0.6) is 11.5 Å². The fraction of sp³-hybridized carbons (Fsp3) is 0.500. The van der Waals surface area contributed by atoms with Crippen LogP contribution in [0.15, 0.2) is 23.3 Å². The molecule has 25 heavy (non-hydrogen) atoms. The summed E-state index contributed by atoms with van der Waals surface area (Å²) >= 11 is 0. The van der Waals surface area contributed by atoms with Gasteiger partial charge < -0.3 is 14.4 Å². The van der Waals surface area contributed by atoms with Crippen LogP contribution < -0.4 is 15.0 Å². The molecule has 0 fully saturated rings. The van der Waals surface area contributed by atoms with Crippen LogP contribution in [0.4, 0.5) is 0 Å². The van der Waals surface area contributed by atoms with Gasteiger partial charge in [-0.2, -0.15) is 0 Å². The number of fused-ring (bicyclic) bond motifs is 1. The van der Waals surface area contributed by atoms with E-state index in [1.54, 1.807) is 17.0 Å². The number of nitrogens with zero attached hydrogens (tertiary/aromatic N) is 3. The lowest BCUT2D eigenvalue weighted by Gasteiger charge is -2.18. The summed E-state index contributed by atoms with van der Waals surface area (Å²) in [6.07, 6.45) is 2.52. The van der Waals surface area contributed by atoms with E-state index in [-0.39, 0.29) is 11.5 Å². The molecule has 136 valence electrons. The molecule has 0 saturated heterocycles. The SMILES string of the molecule is CCN(CC)C(=O)CCCn1cnc2cc(OC)c(OC)cc2c1=O. The van der Waals surface area contributed by atoms with Crippen molar-refractivity contribution in [2.75, 3.05) is 27.3 Å². The molecule has 0 aliphatic heterocycles. The summed E-state index contributed by atoms with van der Waals surface area (Å²) in [5.74, 6) is 1.13. The topological polar surface area (TPSA) is 73.7 Å². The minimum atomic E-state index is -0.152. The van der Waals surface area contributed by atoms with Crippen LogP contribution in [0, 0.1) is 0 Å². The molecular weight excluding hydrogens is 322 g/mol. The third-order valence-electron chi connectivity index (χ3n) is 4.24. The fourth-order valence-electron chi connectivity index (χ4n) is 2.78. The number of rotatable bonds is 8. The van der Waals surface area contributed by atoms with Crippen molar-refractivity contribution in [1.29, 1.82) is 0 Å². The quantitative estimate of drug-likeness (QED) is 0.731. The van der Waals surface area contributed by atoms with Crippen molar-refractivity contribution in [2.24, 2.45) is 0 Å². The van der Waals surface area contributed by atoms with Gasteiger partial charge in [-0.25, -0.2) is 4.98 Å². The number of hydrogen-bond donors (Lipinski definition) is 0. The Kier molecular flexibility index (Phi) is 6.38. The number of hydrogen-bond acceptors (Lipinski definition) is 5. The van der Waals surface area contributed by atoms with Gasteiger partial charge in [0.05, 0.1) is 31.4 Å². The van der Waals surface area contributed by atoms with Crippen molar-refractivity contribution in [3.63, 3.8) is 0 Å². The van der Waals surface area contributed by atoms with E-state index >= 15 is 0 Å². The first kappa shape index (κ1) is 18.8. The Morgan fingerprint density at radius 3 is 2.40 bits per heavy atom. The van der Waals surface area contributed by atoms with Crippen molar-refractivity contribution in [3.05, 3.63) is 28.8 Å². The number of methoxy groups -OCH3 is 2. The molecule has 0 N–H and O–H groups in total. The van der Waals surface area contributed by atoms with Gasteiger partial charge in [0.15, 0.2) is 11.5 Å². The maximum absolute atomic E-state index is 12.6. The molecule has 1 aromatic heterocycles. The standard InChI is InChI=1S/C18H25N3O4/c1-5-20(6-2)17(22)8-7-9-21-12-19-14-11-16(25-4)15(24-3)10-13(14)18(21)23/h10-12H,5-9H2,1-4H3. The normalized spacial score (nSPS) is 10.7. The molecule has 0 radical (unpaired) electrons. The molecule has 1 aromatic carbocycles. The second-order valence-electron chi connectivity index (χ2n) is 5.64. The van der Waals surface area contributed by atoms with Crippen LogP contribution in [-0.4, -0.2) is 47.7 Å². The van der Waals surface area contributed by atoms with Gasteiger partial charge in [-0.05, 0) is 26.3 Å². The van der Waals surface area contributed by atoms with Gasteiger partial charge in [-0.3, -0.25) is 14.2 Å². The zero-order chi connectivity index (χ0) is 18.4. The first-order valence-corrected chi connectivity index (χ1v) is 8.44. The highest BCUT2D eigenvalue weighted by molar-refractivity contribution is 5.81. The van der Waals surface area contributed by atoms with E-state index in [9.17, 15) is 9.59 Å². The first-order valence-electron chi connectivity index (χ1n) is 8.44. The van der Waals surface area contributed by atoms with Crippen molar-refractivity contribution in [3.8, 4) is 11.5 Å². The third-order valence-corrected chi connectivity index (χ3v) is 4.24. The highest BCUT2D eigenvalue weighted by Crippen LogP contribution is 2.29. The minimum Gasteiger partial charge on any atom is -0.493 e. The van der Waals surface area contributed by atoms with Crippen molar-refractivity contribution in [1.82, 2.24) is 14.5 Å². The van der Waals surface area contributed by atoms with Gasteiger partial charge in [0.1, 0.15) is 0 Å². The zero-order valence-electron chi connectivity index (χ0n) is 15.2. The summed E-state index contributed by atoms with van der Waals surface area (Å²) < 4.78 is 12.0. The van der Waals surface area contributed by atoms with E-state index in [0.29, 0.717) is 54.9 Å². The first-order chi connectivity index (χ1) is 12.0. The van der Waals surface area contributed by atoms with E-state index in [1.165, 1.54) is 25.1 Å². The number of ether oxygens (including phenoxy) is 2. The number of amides is 1. The molecule has 0 atom stereocenters. The van der Waals surface area contributed by atoms with Gasteiger partial charge in [0.2, 0.25) is 5.91 Å². The van der Waals surface area contributed by atoms with Gasteiger partial charge in [-0.15, -0.1) is 0 Å². The Morgan fingerprint density at radius 1 is 1.16 bits per heavy atom. The van der Waals surface area contributed by atoms with Crippen LogP contribution >= 0.6 is 0 Å². The Hall–Kier alpha value is -2.57. The second kappa shape index (κ2) is 8.50. The lowest BCUT2D eigenvalue weighted by atomic mass is 10.2. The van der Waals surface area contributed by atoms with E-state index in [4.69, 9.17) is 9.47 Å². The molecule has 0 saturated carbocycles. The molecule has 1 amide bonds. The summed E-state index contributed by atoms with van der Waals surface area (Å²) in [5, 5.41) is 0.468. The van der Waals surface area contributed by atoms with E-state index in [2.05, 4.69) is 4.98 Å². The van der Waals surface area contributed by atoms with Gasteiger partial charge >= 0.3 is 0 Å². The average molecular weight is 347 g/mol. The summed E-state index contributed by atoms with van der Waals surface area (Å²) in [6.45, 7) is 5.77. The monoisotopic (exact) mass is 347 g/mol. The average Bonchev–Trinajstić information content (AvgIpc) is 2.63. The maximum Gasteiger partial charge on any atom is 0.261 e. The Morgan fingerprint density at radius 2 is 1.80 bits per heavy atom. The summed E-state index contributed by atoms with van der Waals surface area (Å²) in [4.78, 5) is 30.8. The van der Waals surface area contributed by atoms with Crippen LogP contribution in [0.2, 0.25) is 0 Å². The highest BCUT2D eigenvalue weighted by Gasteiger charge is 2.12. The lowest BCUT2D eigenvalue weighted by molar-refractivity contribution is -0.130. The molecule has 7 heteroatoms. The minimum absolute atomic E-state index is 0.109. The fourth-order valence-corrected chi connectivity index (χ4v) is 2.78. The van der Waals surface area contributed by atoms with Crippen LogP contribution in [0.25, 0.3) is 10.9 Å².